The lowest BCUT2D eigenvalue weighted by molar-refractivity contribution is -0.138. The Morgan fingerprint density at radius 2 is 2.31 bits per heavy atom. The van der Waals surface area contributed by atoms with E-state index in [9.17, 15) is 9.59 Å². The molecule has 5 heteroatoms. The number of nitrogens with zero attached hydrogens (tertiary/aromatic N) is 2. The predicted octanol–water partition coefficient (Wildman–Crippen LogP) is -0.195. The summed E-state index contributed by atoms with van der Waals surface area (Å²) in [5.74, 6) is 0.0571. The number of hydrogen-bond donors (Lipinski definition) is 1. The molecule has 1 aliphatic heterocycles. The van der Waals surface area contributed by atoms with Gasteiger partial charge in [0, 0.05) is 20.1 Å². The minimum atomic E-state index is -0.236. The van der Waals surface area contributed by atoms with Crippen molar-refractivity contribution in [1.29, 1.82) is 0 Å². The van der Waals surface area contributed by atoms with Gasteiger partial charge in [-0.25, -0.2) is 0 Å². The van der Waals surface area contributed by atoms with Crippen molar-refractivity contribution < 1.29 is 9.59 Å². The average Bonchev–Trinajstić information content (AvgIpc) is 2.76. The Labute approximate surface area is 96.6 Å². The van der Waals surface area contributed by atoms with Crippen LogP contribution in [0.3, 0.4) is 0 Å². The Morgan fingerprint density at radius 3 is 2.94 bits per heavy atom. The molecule has 1 aliphatic rings. The molecule has 2 amide bonds. The summed E-state index contributed by atoms with van der Waals surface area (Å²) >= 11 is 0. The third-order valence-electron chi connectivity index (χ3n) is 3.04. The van der Waals surface area contributed by atoms with E-state index in [4.69, 9.17) is 5.73 Å². The molecule has 0 aromatic carbocycles. The molecule has 1 fully saturated rings. The van der Waals surface area contributed by atoms with Gasteiger partial charge in [-0.1, -0.05) is 0 Å². The van der Waals surface area contributed by atoms with Gasteiger partial charge < -0.3 is 15.5 Å². The fourth-order valence-corrected chi connectivity index (χ4v) is 2.04. The second-order valence-corrected chi connectivity index (χ2v) is 4.26. The molecule has 1 atom stereocenters. The number of likely N-dealkylation sites (N-methyl/N-ethyl adjacent to an activating group) is 1. The summed E-state index contributed by atoms with van der Waals surface area (Å²) in [6, 6.07) is -0.236. The van der Waals surface area contributed by atoms with Crippen LogP contribution in [-0.2, 0) is 9.59 Å². The van der Waals surface area contributed by atoms with Crippen LogP contribution >= 0.6 is 0 Å². The van der Waals surface area contributed by atoms with Gasteiger partial charge in [0.2, 0.25) is 12.3 Å². The summed E-state index contributed by atoms with van der Waals surface area (Å²) in [7, 11) is 1.79. The first-order valence-corrected chi connectivity index (χ1v) is 5.86. The zero-order valence-electron chi connectivity index (χ0n) is 9.89. The number of carbonyl (C=O) groups excluding carboxylic acids is 2. The Bertz CT molecular complexity index is 245. The highest BCUT2D eigenvalue weighted by molar-refractivity contribution is 5.83. The lowest BCUT2D eigenvalue weighted by Crippen LogP contribution is -2.43. The molecule has 1 heterocycles. The van der Waals surface area contributed by atoms with Crippen LogP contribution in [0.4, 0.5) is 0 Å². The van der Waals surface area contributed by atoms with E-state index in [1.165, 1.54) is 0 Å². The molecular formula is C11H21N3O2. The molecule has 1 unspecified atom stereocenters. The molecule has 0 aliphatic carbocycles. The van der Waals surface area contributed by atoms with E-state index in [1.54, 1.807) is 16.8 Å². The van der Waals surface area contributed by atoms with Crippen molar-refractivity contribution in [3.8, 4) is 0 Å². The first-order chi connectivity index (χ1) is 7.70. The van der Waals surface area contributed by atoms with Crippen molar-refractivity contribution in [3.05, 3.63) is 0 Å². The van der Waals surface area contributed by atoms with Gasteiger partial charge in [-0.15, -0.1) is 0 Å². The van der Waals surface area contributed by atoms with Crippen molar-refractivity contribution in [2.45, 2.75) is 31.7 Å². The van der Waals surface area contributed by atoms with Gasteiger partial charge in [0.25, 0.3) is 0 Å². The zero-order chi connectivity index (χ0) is 12.0. The maximum absolute atomic E-state index is 12.0. The predicted molar refractivity (Wildman–Crippen MR) is 61.7 cm³/mol. The van der Waals surface area contributed by atoms with Gasteiger partial charge in [0.15, 0.2) is 0 Å². The standard InChI is InChI=1S/C11H21N3O2/c1-13(7-3-2-6-12)11(16)10-5-4-8-14(10)9-15/h9-10H,2-8,12H2,1H3. The lowest BCUT2D eigenvalue weighted by Gasteiger charge is -2.25. The molecule has 0 aromatic rings. The van der Waals surface area contributed by atoms with Crippen LogP contribution < -0.4 is 5.73 Å². The van der Waals surface area contributed by atoms with Gasteiger partial charge in [-0.3, -0.25) is 9.59 Å². The van der Waals surface area contributed by atoms with Crippen LogP contribution in [0.15, 0.2) is 0 Å². The van der Waals surface area contributed by atoms with Gasteiger partial charge >= 0.3 is 0 Å². The third kappa shape index (κ3) is 3.20. The van der Waals surface area contributed by atoms with Crippen molar-refractivity contribution in [1.82, 2.24) is 9.80 Å². The number of rotatable bonds is 6. The van der Waals surface area contributed by atoms with Gasteiger partial charge in [0.05, 0.1) is 0 Å². The number of unbranched alkanes of at least 4 members (excludes halogenated alkanes) is 1. The highest BCUT2D eigenvalue weighted by Crippen LogP contribution is 2.17. The fourth-order valence-electron chi connectivity index (χ4n) is 2.04. The van der Waals surface area contributed by atoms with Gasteiger partial charge in [-0.05, 0) is 32.2 Å². The van der Waals surface area contributed by atoms with Crippen molar-refractivity contribution in [2.24, 2.45) is 5.73 Å². The summed E-state index contributed by atoms with van der Waals surface area (Å²) in [6.45, 7) is 2.09. The maximum atomic E-state index is 12.0. The minimum Gasteiger partial charge on any atom is -0.344 e. The normalized spacial score (nSPS) is 19.9. The van der Waals surface area contributed by atoms with Crippen LogP contribution in [0, 0.1) is 0 Å². The Hall–Kier alpha value is -1.10. The minimum absolute atomic E-state index is 0.0571. The molecule has 0 bridgehead atoms. The number of likely N-dealkylation sites (tertiary alicyclic amines) is 1. The van der Waals surface area contributed by atoms with Crippen molar-refractivity contribution in [2.75, 3.05) is 26.7 Å². The topological polar surface area (TPSA) is 66.6 Å². The van der Waals surface area contributed by atoms with Crippen LogP contribution in [0.25, 0.3) is 0 Å². The molecule has 5 nitrogen and oxygen atoms in total. The highest BCUT2D eigenvalue weighted by atomic mass is 16.2. The number of hydrogen-bond acceptors (Lipinski definition) is 3. The molecule has 2 N–H and O–H groups in total. The summed E-state index contributed by atoms with van der Waals surface area (Å²) < 4.78 is 0. The number of amides is 2. The number of carbonyl (C=O) groups is 2. The summed E-state index contributed by atoms with van der Waals surface area (Å²) in [5.41, 5.74) is 5.40. The molecule has 92 valence electrons. The van der Waals surface area contributed by atoms with Crippen LogP contribution in [0.5, 0.6) is 0 Å². The molecule has 0 saturated carbocycles. The van der Waals surface area contributed by atoms with E-state index in [1.807, 2.05) is 0 Å². The Kier molecular flexibility index (Phi) is 5.25. The average molecular weight is 227 g/mol. The molecule has 0 spiro atoms. The SMILES string of the molecule is CN(CCCCN)C(=O)C1CCCN1C=O. The largest absolute Gasteiger partial charge is 0.344 e. The summed E-state index contributed by atoms with van der Waals surface area (Å²) in [4.78, 5) is 26.1. The molecule has 1 saturated heterocycles. The lowest BCUT2D eigenvalue weighted by atomic mass is 10.2. The fraction of sp³-hybridized carbons (Fsp3) is 0.818. The van der Waals surface area contributed by atoms with Crippen LogP contribution in [-0.4, -0.2) is 54.8 Å². The zero-order valence-corrected chi connectivity index (χ0v) is 9.89. The second-order valence-electron chi connectivity index (χ2n) is 4.26. The van der Waals surface area contributed by atoms with Crippen molar-refractivity contribution >= 4 is 12.3 Å². The monoisotopic (exact) mass is 227 g/mol. The third-order valence-corrected chi connectivity index (χ3v) is 3.04. The second kappa shape index (κ2) is 6.48. The molecule has 16 heavy (non-hydrogen) atoms. The smallest absolute Gasteiger partial charge is 0.245 e. The maximum Gasteiger partial charge on any atom is 0.245 e. The molecule has 0 aromatic heterocycles. The summed E-state index contributed by atoms with van der Waals surface area (Å²) in [6.07, 6.45) is 4.35. The van der Waals surface area contributed by atoms with Crippen LogP contribution in [0.2, 0.25) is 0 Å². The van der Waals surface area contributed by atoms with E-state index in [-0.39, 0.29) is 11.9 Å². The van der Waals surface area contributed by atoms with Crippen molar-refractivity contribution in [3.63, 3.8) is 0 Å². The first-order valence-electron chi connectivity index (χ1n) is 5.86. The Balaban J connectivity index is 2.40. The first kappa shape index (κ1) is 13.0. The van der Waals surface area contributed by atoms with E-state index in [2.05, 4.69) is 0 Å². The quantitative estimate of drug-likeness (QED) is 0.505. The molecule has 1 rings (SSSR count). The van der Waals surface area contributed by atoms with Gasteiger partial charge in [0.1, 0.15) is 6.04 Å². The highest BCUT2D eigenvalue weighted by Gasteiger charge is 2.31. The Morgan fingerprint density at radius 1 is 1.56 bits per heavy atom. The molecule has 0 radical (unpaired) electrons. The summed E-state index contributed by atoms with van der Waals surface area (Å²) in [5, 5.41) is 0. The van der Waals surface area contributed by atoms with E-state index in [0.29, 0.717) is 13.1 Å². The van der Waals surface area contributed by atoms with E-state index < -0.39 is 0 Å². The van der Waals surface area contributed by atoms with E-state index in [0.717, 1.165) is 38.6 Å². The molecular weight excluding hydrogens is 206 g/mol. The van der Waals surface area contributed by atoms with E-state index >= 15 is 0 Å². The van der Waals surface area contributed by atoms with Gasteiger partial charge in [-0.2, -0.15) is 0 Å². The van der Waals surface area contributed by atoms with Crippen LogP contribution in [0.1, 0.15) is 25.7 Å². The number of nitrogens with two attached hydrogens (primary N) is 1.